The number of benzene rings is 2. The van der Waals surface area contributed by atoms with Gasteiger partial charge in [-0.05, 0) is 48.2 Å². The molecule has 0 aromatic heterocycles. The Kier molecular flexibility index (Phi) is 7.96. The van der Waals surface area contributed by atoms with Crippen LogP contribution in [0.5, 0.6) is 0 Å². The van der Waals surface area contributed by atoms with E-state index in [2.05, 4.69) is 10.6 Å². The molecule has 4 rings (SSSR count). The first-order valence-corrected chi connectivity index (χ1v) is 13.0. The summed E-state index contributed by atoms with van der Waals surface area (Å²) in [5, 5.41) is 14.1. The highest BCUT2D eigenvalue weighted by Crippen LogP contribution is 2.30. The number of hydrogen-bond donors (Lipinski definition) is 3. The van der Waals surface area contributed by atoms with Crippen LogP contribution in [0.25, 0.3) is 0 Å². The largest absolute Gasteiger partial charge is 0.459 e. The van der Waals surface area contributed by atoms with Gasteiger partial charge in [0.2, 0.25) is 5.91 Å². The number of nitrogens with zero attached hydrogens (tertiary/aromatic N) is 2. The summed E-state index contributed by atoms with van der Waals surface area (Å²) in [5.74, 6) is -1.22. The van der Waals surface area contributed by atoms with Gasteiger partial charge in [0.15, 0.2) is 12.6 Å². The van der Waals surface area contributed by atoms with E-state index in [4.69, 9.17) is 21.7 Å². The van der Waals surface area contributed by atoms with Crippen molar-refractivity contribution in [2.75, 3.05) is 12.0 Å². The van der Waals surface area contributed by atoms with E-state index < -0.39 is 23.4 Å². The van der Waals surface area contributed by atoms with Gasteiger partial charge >= 0.3 is 6.03 Å². The second kappa shape index (κ2) is 11.1. The molecule has 2 aromatic carbocycles. The maximum atomic E-state index is 13.2. The van der Waals surface area contributed by atoms with E-state index in [1.165, 1.54) is 4.90 Å². The molecule has 2 aliphatic heterocycles. The van der Waals surface area contributed by atoms with Gasteiger partial charge < -0.3 is 20.3 Å². The molecular weight excluding hydrogens is 522 g/mol. The molecule has 1 atom stereocenters. The minimum atomic E-state index is -0.802. The minimum absolute atomic E-state index is 0.0349. The van der Waals surface area contributed by atoms with Crippen molar-refractivity contribution in [1.29, 1.82) is 5.41 Å². The summed E-state index contributed by atoms with van der Waals surface area (Å²) in [7, 11) is 0. The van der Waals surface area contributed by atoms with E-state index in [9.17, 15) is 19.2 Å². The van der Waals surface area contributed by atoms with Crippen LogP contribution in [0.3, 0.4) is 0 Å². The van der Waals surface area contributed by atoms with Gasteiger partial charge in [0.1, 0.15) is 6.04 Å². The van der Waals surface area contributed by atoms with E-state index >= 15 is 0 Å². The van der Waals surface area contributed by atoms with Crippen molar-refractivity contribution in [3.8, 4) is 0 Å². The number of anilines is 1. The van der Waals surface area contributed by atoms with Crippen molar-refractivity contribution >= 4 is 46.9 Å². The van der Waals surface area contributed by atoms with Gasteiger partial charge in [-0.3, -0.25) is 19.8 Å². The number of urea groups is 1. The van der Waals surface area contributed by atoms with Gasteiger partial charge in [0.05, 0.1) is 0 Å². The van der Waals surface area contributed by atoms with Crippen LogP contribution in [0.2, 0.25) is 5.02 Å². The number of hydrogen-bond acceptors (Lipinski definition) is 6. The lowest BCUT2D eigenvalue weighted by atomic mass is 9.97. The summed E-state index contributed by atoms with van der Waals surface area (Å²) in [6, 6.07) is 9.34. The molecule has 206 valence electrons. The number of imide groups is 1. The molecule has 2 heterocycles. The number of nitrogens with one attached hydrogen (secondary N) is 3. The Morgan fingerprint density at radius 1 is 1.15 bits per heavy atom. The zero-order chi connectivity index (χ0) is 28.5. The second-order valence-electron chi connectivity index (χ2n) is 10.8. The van der Waals surface area contributed by atoms with E-state index in [1.807, 2.05) is 19.1 Å². The average Bonchev–Trinajstić information content (AvgIpc) is 3.19. The highest BCUT2D eigenvalue weighted by atomic mass is 35.5. The van der Waals surface area contributed by atoms with Crippen LogP contribution in [0, 0.1) is 17.7 Å². The Morgan fingerprint density at radius 2 is 1.90 bits per heavy atom. The molecule has 5 amide bonds. The van der Waals surface area contributed by atoms with Gasteiger partial charge in [-0.15, -0.1) is 0 Å². The lowest BCUT2D eigenvalue weighted by Gasteiger charge is -2.35. The number of rotatable bonds is 6. The third-order valence-corrected chi connectivity index (χ3v) is 7.17. The molecule has 2 aliphatic rings. The van der Waals surface area contributed by atoms with Crippen molar-refractivity contribution in [2.24, 2.45) is 5.41 Å². The van der Waals surface area contributed by atoms with Crippen LogP contribution in [0.15, 0.2) is 36.4 Å². The van der Waals surface area contributed by atoms with Crippen LogP contribution in [-0.2, 0) is 27.4 Å². The van der Waals surface area contributed by atoms with Crippen molar-refractivity contribution in [2.45, 2.75) is 59.7 Å². The minimum Gasteiger partial charge on any atom is -0.459 e. The Balaban J connectivity index is 1.38. The molecule has 0 saturated carbocycles. The second-order valence-corrected chi connectivity index (χ2v) is 11.2. The molecule has 1 fully saturated rings. The molecule has 0 aliphatic carbocycles. The van der Waals surface area contributed by atoms with Gasteiger partial charge in [0.25, 0.3) is 11.8 Å². The average molecular weight is 554 g/mol. The smallest absolute Gasteiger partial charge is 0.319 e. The summed E-state index contributed by atoms with van der Waals surface area (Å²) in [5.41, 5.74) is 2.94. The quantitative estimate of drug-likeness (QED) is 0.276. The van der Waals surface area contributed by atoms with Crippen molar-refractivity contribution < 1.29 is 23.9 Å². The number of amides is 5. The zero-order valence-electron chi connectivity index (χ0n) is 22.4. The van der Waals surface area contributed by atoms with Crippen LogP contribution in [0.1, 0.15) is 60.7 Å². The molecule has 1 unspecified atom stereocenters. The van der Waals surface area contributed by atoms with Crippen LogP contribution in [-0.4, -0.2) is 52.2 Å². The number of carbonyl (C=O) groups excluding carboxylic acids is 4. The van der Waals surface area contributed by atoms with Gasteiger partial charge in [-0.2, -0.15) is 0 Å². The van der Waals surface area contributed by atoms with Crippen molar-refractivity contribution in [1.82, 2.24) is 15.1 Å². The molecule has 10 nitrogen and oxygen atoms in total. The molecule has 0 spiro atoms. The predicted molar refractivity (Wildman–Crippen MR) is 146 cm³/mol. The molecule has 1 saturated heterocycles. The van der Waals surface area contributed by atoms with Gasteiger partial charge in [-0.25, -0.2) is 9.69 Å². The fourth-order valence-corrected chi connectivity index (χ4v) is 4.56. The molecule has 0 bridgehead atoms. The zero-order valence-corrected chi connectivity index (χ0v) is 23.1. The summed E-state index contributed by atoms with van der Waals surface area (Å²) in [6.45, 7) is 7.37. The molecule has 3 N–H and O–H groups in total. The Morgan fingerprint density at radius 3 is 2.59 bits per heavy atom. The summed E-state index contributed by atoms with van der Waals surface area (Å²) < 4.78 is 5.41. The maximum absolute atomic E-state index is 13.2. The van der Waals surface area contributed by atoms with Crippen LogP contribution in [0.4, 0.5) is 10.5 Å². The standard InChI is InChI=1S/C28H32ClN5O5/c1-16-5-7-19(12-21(16)29)32-27(38)31-13-17-6-8-20-18(11-17)14-33(24(20)36)22-9-10-23(35)34(25(22)37)15-39-26(30)28(2,3)4/h5-8,11-12,22,30H,9-10,13-15H2,1-4H3,(H2,31,32,38). The molecule has 39 heavy (non-hydrogen) atoms. The SMILES string of the molecule is Cc1ccc(NC(=O)NCc2ccc3c(c2)CN(C2CCC(=O)N(COC(=N)C(C)(C)C)C2=O)C3=O)cc1Cl. The van der Waals surface area contributed by atoms with Gasteiger partial charge in [0, 0.05) is 41.2 Å². The first-order valence-electron chi connectivity index (χ1n) is 12.6. The topological polar surface area (TPSA) is 132 Å². The van der Waals surface area contributed by atoms with E-state index in [-0.39, 0.29) is 50.4 Å². The van der Waals surface area contributed by atoms with Crippen LogP contribution >= 0.6 is 11.6 Å². The predicted octanol–water partition coefficient (Wildman–Crippen LogP) is 4.44. The lowest BCUT2D eigenvalue weighted by molar-refractivity contribution is -0.156. The highest BCUT2D eigenvalue weighted by molar-refractivity contribution is 6.31. The highest BCUT2D eigenvalue weighted by Gasteiger charge is 2.43. The molecule has 2 aromatic rings. The summed E-state index contributed by atoms with van der Waals surface area (Å²) in [6.07, 6.45) is 0.321. The molecule has 11 heteroatoms. The molecule has 0 radical (unpaired) electrons. The number of piperidine rings is 1. The van der Waals surface area contributed by atoms with E-state index in [0.717, 1.165) is 21.6 Å². The van der Waals surface area contributed by atoms with E-state index in [0.29, 0.717) is 16.3 Å². The monoisotopic (exact) mass is 553 g/mol. The normalized spacial score (nSPS) is 17.3. The summed E-state index contributed by atoms with van der Waals surface area (Å²) >= 11 is 6.11. The number of aryl methyl sites for hydroxylation is 1. The Labute approximate surface area is 232 Å². The number of carbonyl (C=O) groups is 4. The third kappa shape index (κ3) is 6.22. The number of ether oxygens (including phenoxy) is 1. The fourth-order valence-electron chi connectivity index (χ4n) is 4.38. The Bertz CT molecular complexity index is 1350. The maximum Gasteiger partial charge on any atom is 0.319 e. The lowest BCUT2D eigenvalue weighted by Crippen LogP contribution is -2.55. The van der Waals surface area contributed by atoms with Crippen molar-refractivity contribution in [3.05, 3.63) is 63.7 Å². The first-order chi connectivity index (χ1) is 18.3. The van der Waals surface area contributed by atoms with E-state index in [1.54, 1.807) is 45.0 Å². The first kappa shape index (κ1) is 28.1. The van der Waals surface area contributed by atoms with Gasteiger partial charge in [-0.1, -0.05) is 50.6 Å². The molecular formula is C28H32ClN5O5. The number of likely N-dealkylation sites (tertiary alicyclic amines) is 1. The van der Waals surface area contributed by atoms with Crippen molar-refractivity contribution in [3.63, 3.8) is 0 Å². The van der Waals surface area contributed by atoms with Crippen LogP contribution < -0.4 is 10.6 Å². The summed E-state index contributed by atoms with van der Waals surface area (Å²) in [4.78, 5) is 53.7. The fraction of sp³-hybridized carbons (Fsp3) is 0.393. The third-order valence-electron chi connectivity index (χ3n) is 6.76. The number of fused-ring (bicyclic) bond motifs is 1. The number of halogens is 1. The Hall–Kier alpha value is -3.92.